The van der Waals surface area contributed by atoms with Crippen molar-refractivity contribution in [3.8, 4) is 0 Å². The van der Waals surface area contributed by atoms with Gasteiger partial charge in [-0.15, -0.1) is 10.2 Å². The Morgan fingerprint density at radius 1 is 0.607 bits per heavy atom. The van der Waals surface area contributed by atoms with E-state index in [0.717, 1.165) is 28.6 Å². The number of fused-ring (bicyclic) bond motifs is 2. The number of benzene rings is 3. The standard InChI is InChI=1S/C21H19N7/c1-2-8-17(9-3-1)14-26(15-27-20-12-6-4-10-18(20)22-24-27)16-28-21-13-7-5-11-19(21)23-25-28/h1-13H,14-16H2. The molecule has 138 valence electrons. The number of para-hydroxylation sites is 2. The fourth-order valence-corrected chi connectivity index (χ4v) is 3.41. The molecular weight excluding hydrogens is 350 g/mol. The first-order valence-electron chi connectivity index (χ1n) is 9.19. The average Bonchev–Trinajstić information content (AvgIpc) is 3.34. The van der Waals surface area contributed by atoms with Gasteiger partial charge in [-0.05, 0) is 29.8 Å². The Morgan fingerprint density at radius 3 is 1.68 bits per heavy atom. The lowest BCUT2D eigenvalue weighted by Crippen LogP contribution is -2.29. The van der Waals surface area contributed by atoms with Gasteiger partial charge in [0.1, 0.15) is 11.0 Å². The van der Waals surface area contributed by atoms with Gasteiger partial charge in [0.2, 0.25) is 0 Å². The molecule has 0 saturated heterocycles. The molecule has 3 aromatic carbocycles. The van der Waals surface area contributed by atoms with E-state index in [2.05, 4.69) is 49.8 Å². The second-order valence-corrected chi connectivity index (χ2v) is 6.75. The van der Waals surface area contributed by atoms with Gasteiger partial charge in [0.25, 0.3) is 0 Å². The van der Waals surface area contributed by atoms with Crippen molar-refractivity contribution in [2.75, 3.05) is 0 Å². The quantitative estimate of drug-likeness (QED) is 0.459. The van der Waals surface area contributed by atoms with Gasteiger partial charge in [-0.2, -0.15) is 0 Å². The third kappa shape index (κ3) is 3.23. The number of rotatable bonds is 6. The molecule has 0 amide bonds. The summed E-state index contributed by atoms with van der Waals surface area (Å²) < 4.78 is 3.86. The van der Waals surface area contributed by atoms with E-state index in [1.54, 1.807) is 0 Å². The second-order valence-electron chi connectivity index (χ2n) is 6.75. The van der Waals surface area contributed by atoms with Crippen LogP contribution >= 0.6 is 0 Å². The second kappa shape index (κ2) is 7.21. The topological polar surface area (TPSA) is 64.7 Å². The molecule has 0 atom stereocenters. The summed E-state index contributed by atoms with van der Waals surface area (Å²) in [5.74, 6) is 0. The molecule has 5 aromatic rings. The fraction of sp³-hybridized carbons (Fsp3) is 0.143. The van der Waals surface area contributed by atoms with Crippen LogP contribution in [-0.4, -0.2) is 34.9 Å². The Bertz CT molecular complexity index is 1130. The lowest BCUT2D eigenvalue weighted by molar-refractivity contribution is 0.147. The predicted octanol–water partition coefficient (Wildman–Crippen LogP) is 3.29. The van der Waals surface area contributed by atoms with Crippen LogP contribution < -0.4 is 0 Å². The normalized spacial score (nSPS) is 11.6. The van der Waals surface area contributed by atoms with Crippen molar-refractivity contribution >= 4 is 22.1 Å². The Balaban J connectivity index is 1.47. The van der Waals surface area contributed by atoms with Crippen LogP contribution in [0.4, 0.5) is 0 Å². The number of nitrogens with zero attached hydrogens (tertiary/aromatic N) is 7. The summed E-state index contributed by atoms with van der Waals surface area (Å²) in [7, 11) is 0. The van der Waals surface area contributed by atoms with Crippen LogP contribution in [0.25, 0.3) is 22.1 Å². The van der Waals surface area contributed by atoms with E-state index in [9.17, 15) is 0 Å². The molecule has 0 aliphatic carbocycles. The van der Waals surface area contributed by atoms with Crippen molar-refractivity contribution in [1.29, 1.82) is 0 Å². The monoisotopic (exact) mass is 369 g/mol. The highest BCUT2D eigenvalue weighted by Crippen LogP contribution is 2.15. The van der Waals surface area contributed by atoms with Crippen LogP contribution in [0.3, 0.4) is 0 Å². The molecule has 7 heteroatoms. The molecule has 0 aliphatic rings. The first-order chi connectivity index (χ1) is 13.9. The molecule has 0 fully saturated rings. The molecule has 0 saturated carbocycles. The van der Waals surface area contributed by atoms with Crippen molar-refractivity contribution in [1.82, 2.24) is 34.9 Å². The van der Waals surface area contributed by atoms with Gasteiger partial charge in [0.15, 0.2) is 0 Å². The Labute approximate surface area is 161 Å². The van der Waals surface area contributed by atoms with E-state index in [4.69, 9.17) is 0 Å². The van der Waals surface area contributed by atoms with Crippen LogP contribution in [0, 0.1) is 0 Å². The average molecular weight is 369 g/mol. The van der Waals surface area contributed by atoms with Gasteiger partial charge < -0.3 is 0 Å². The van der Waals surface area contributed by atoms with Gasteiger partial charge in [0.05, 0.1) is 24.4 Å². The number of aromatic nitrogens is 6. The van der Waals surface area contributed by atoms with Crippen LogP contribution in [0.15, 0.2) is 78.9 Å². The van der Waals surface area contributed by atoms with Crippen LogP contribution in [0.5, 0.6) is 0 Å². The Kier molecular flexibility index (Phi) is 4.27. The highest BCUT2D eigenvalue weighted by atomic mass is 15.5. The first kappa shape index (κ1) is 16.6. The summed E-state index contributed by atoms with van der Waals surface area (Å²) in [6.45, 7) is 1.97. The minimum atomic E-state index is 0.601. The molecule has 2 heterocycles. The van der Waals surface area contributed by atoms with Crippen molar-refractivity contribution < 1.29 is 0 Å². The molecular formula is C21H19N7. The third-order valence-electron chi connectivity index (χ3n) is 4.76. The number of hydrogen-bond acceptors (Lipinski definition) is 5. The summed E-state index contributed by atoms with van der Waals surface area (Å²) in [4.78, 5) is 2.28. The number of hydrogen-bond donors (Lipinski definition) is 0. The van der Waals surface area contributed by atoms with E-state index in [1.165, 1.54) is 5.56 Å². The molecule has 0 bridgehead atoms. The zero-order valence-electron chi connectivity index (χ0n) is 15.3. The van der Waals surface area contributed by atoms with Gasteiger partial charge >= 0.3 is 0 Å². The minimum absolute atomic E-state index is 0.601. The molecule has 0 aliphatic heterocycles. The highest BCUT2D eigenvalue weighted by molar-refractivity contribution is 5.74. The van der Waals surface area contributed by atoms with E-state index in [1.807, 2.05) is 64.0 Å². The largest absolute Gasteiger partial charge is 0.260 e. The summed E-state index contributed by atoms with van der Waals surface area (Å²) in [6.07, 6.45) is 0. The van der Waals surface area contributed by atoms with Crippen LogP contribution in [0.2, 0.25) is 0 Å². The van der Waals surface area contributed by atoms with Gasteiger partial charge in [0, 0.05) is 6.54 Å². The van der Waals surface area contributed by atoms with E-state index < -0.39 is 0 Å². The van der Waals surface area contributed by atoms with Gasteiger partial charge in [-0.1, -0.05) is 65.0 Å². The third-order valence-corrected chi connectivity index (χ3v) is 4.76. The SMILES string of the molecule is c1ccc(CN(Cn2nnc3ccccc32)Cn2nnc3ccccc32)cc1. The Morgan fingerprint density at radius 2 is 1.11 bits per heavy atom. The van der Waals surface area contributed by atoms with Gasteiger partial charge in [-0.25, -0.2) is 9.36 Å². The Hall–Kier alpha value is -3.58. The molecule has 7 nitrogen and oxygen atoms in total. The lowest BCUT2D eigenvalue weighted by Gasteiger charge is -2.22. The summed E-state index contributed by atoms with van der Waals surface area (Å²) in [6, 6.07) is 26.4. The first-order valence-corrected chi connectivity index (χ1v) is 9.19. The molecule has 0 unspecified atom stereocenters. The minimum Gasteiger partial charge on any atom is -0.260 e. The van der Waals surface area contributed by atoms with E-state index in [0.29, 0.717) is 13.3 Å². The zero-order valence-corrected chi connectivity index (χ0v) is 15.3. The maximum absolute atomic E-state index is 4.35. The lowest BCUT2D eigenvalue weighted by atomic mass is 10.2. The molecule has 0 N–H and O–H groups in total. The highest BCUT2D eigenvalue weighted by Gasteiger charge is 2.13. The summed E-state index contributed by atoms with van der Waals surface area (Å²) in [5.41, 5.74) is 5.06. The smallest absolute Gasteiger partial charge is 0.113 e. The van der Waals surface area contributed by atoms with Crippen molar-refractivity contribution in [3.05, 3.63) is 84.4 Å². The maximum atomic E-state index is 4.35. The molecule has 28 heavy (non-hydrogen) atoms. The predicted molar refractivity (Wildman–Crippen MR) is 107 cm³/mol. The molecule has 2 aromatic heterocycles. The van der Waals surface area contributed by atoms with Crippen LogP contribution in [0.1, 0.15) is 5.56 Å². The maximum Gasteiger partial charge on any atom is 0.113 e. The molecule has 5 rings (SSSR count). The molecule has 0 spiro atoms. The van der Waals surface area contributed by atoms with E-state index in [-0.39, 0.29) is 0 Å². The van der Waals surface area contributed by atoms with Gasteiger partial charge in [-0.3, -0.25) is 4.90 Å². The van der Waals surface area contributed by atoms with Crippen molar-refractivity contribution in [2.24, 2.45) is 0 Å². The van der Waals surface area contributed by atoms with Crippen molar-refractivity contribution in [2.45, 2.75) is 19.9 Å². The summed E-state index contributed by atoms with van der Waals surface area (Å²) in [5, 5.41) is 17.3. The molecule has 0 radical (unpaired) electrons. The van der Waals surface area contributed by atoms with Crippen molar-refractivity contribution in [3.63, 3.8) is 0 Å². The summed E-state index contributed by atoms with van der Waals surface area (Å²) >= 11 is 0. The fourth-order valence-electron chi connectivity index (χ4n) is 3.41. The zero-order chi connectivity index (χ0) is 18.8. The van der Waals surface area contributed by atoms with E-state index >= 15 is 0 Å². The van der Waals surface area contributed by atoms with Crippen LogP contribution in [-0.2, 0) is 19.9 Å².